The van der Waals surface area contributed by atoms with Gasteiger partial charge in [-0.3, -0.25) is 0 Å². The van der Waals surface area contributed by atoms with Crippen LogP contribution in [0.25, 0.3) is 11.1 Å². The van der Waals surface area contributed by atoms with Crippen LogP contribution in [0.15, 0.2) is 79.3 Å². The molecule has 0 saturated carbocycles. The largest absolute Gasteiger partial charge is 0.328 e. The Morgan fingerprint density at radius 2 is 1.69 bits per heavy atom. The first-order valence-electron chi connectivity index (χ1n) is 9.88. The topological polar surface area (TPSA) is 17.8 Å². The molecule has 0 radical (unpaired) electrons. The van der Waals surface area contributed by atoms with Crippen molar-refractivity contribution in [1.82, 2.24) is 9.55 Å². The molecule has 146 valence electrons. The maximum absolute atomic E-state index is 6.79. The Labute approximate surface area is 177 Å². The van der Waals surface area contributed by atoms with Gasteiger partial charge in [0.2, 0.25) is 0 Å². The fourth-order valence-corrected chi connectivity index (χ4v) is 4.06. The van der Waals surface area contributed by atoms with Crippen molar-refractivity contribution < 1.29 is 0 Å². The molecule has 0 amide bonds. The molecule has 0 bridgehead atoms. The Balaban J connectivity index is 1.58. The molecule has 0 saturated heterocycles. The van der Waals surface area contributed by atoms with E-state index in [4.69, 9.17) is 11.6 Å². The Hall–Kier alpha value is -2.84. The van der Waals surface area contributed by atoms with Gasteiger partial charge in [-0.05, 0) is 48.6 Å². The van der Waals surface area contributed by atoms with E-state index in [0.29, 0.717) is 0 Å². The maximum atomic E-state index is 6.79. The molecule has 0 aliphatic carbocycles. The van der Waals surface area contributed by atoms with Crippen molar-refractivity contribution >= 4 is 11.6 Å². The van der Waals surface area contributed by atoms with Gasteiger partial charge in [-0.1, -0.05) is 77.9 Å². The molecule has 1 atom stereocenters. The Morgan fingerprint density at radius 3 is 2.41 bits per heavy atom. The molecule has 0 N–H and O–H groups in total. The number of rotatable bonds is 5. The van der Waals surface area contributed by atoms with Gasteiger partial charge in [0.05, 0.1) is 12.0 Å². The number of imidazole rings is 1. The van der Waals surface area contributed by atoms with Crippen LogP contribution in [-0.2, 0) is 6.54 Å². The molecule has 4 aromatic rings. The first-order valence-corrected chi connectivity index (χ1v) is 10.3. The molecule has 2 nitrogen and oxygen atoms in total. The van der Waals surface area contributed by atoms with Crippen LogP contribution >= 0.6 is 11.6 Å². The van der Waals surface area contributed by atoms with Crippen LogP contribution < -0.4 is 0 Å². The fraction of sp³-hybridized carbons (Fsp3) is 0.192. The zero-order valence-electron chi connectivity index (χ0n) is 17.1. The molecule has 1 unspecified atom stereocenters. The molecule has 0 aliphatic rings. The predicted octanol–water partition coefficient (Wildman–Crippen LogP) is 6.85. The lowest BCUT2D eigenvalue weighted by atomic mass is 9.97. The second-order valence-corrected chi connectivity index (χ2v) is 8.17. The average Bonchev–Trinajstić information content (AvgIpc) is 3.16. The van der Waals surface area contributed by atoms with Crippen molar-refractivity contribution in [3.05, 3.63) is 113 Å². The van der Waals surface area contributed by atoms with Crippen LogP contribution in [0.4, 0.5) is 0 Å². The van der Waals surface area contributed by atoms with Crippen LogP contribution in [0.1, 0.15) is 38.9 Å². The number of hydrogen-bond donors (Lipinski definition) is 0. The van der Waals surface area contributed by atoms with Crippen LogP contribution in [-0.4, -0.2) is 9.55 Å². The van der Waals surface area contributed by atoms with Gasteiger partial charge in [0, 0.05) is 12.7 Å². The lowest BCUT2D eigenvalue weighted by molar-refractivity contribution is 0.747. The molecule has 4 rings (SSSR count). The number of aryl methyl sites for hydroxylation is 3. The summed E-state index contributed by atoms with van der Waals surface area (Å²) >= 11 is 6.79. The summed E-state index contributed by atoms with van der Waals surface area (Å²) in [5.74, 6) is 0. The van der Waals surface area contributed by atoms with E-state index >= 15 is 0 Å². The van der Waals surface area contributed by atoms with Crippen LogP contribution in [0, 0.1) is 20.8 Å². The highest BCUT2D eigenvalue weighted by Gasteiger charge is 2.16. The molecule has 29 heavy (non-hydrogen) atoms. The highest BCUT2D eigenvalue weighted by Crippen LogP contribution is 2.30. The molecule has 0 spiro atoms. The molecule has 0 aliphatic heterocycles. The van der Waals surface area contributed by atoms with E-state index in [2.05, 4.69) is 97.1 Å². The standard InChI is InChI=1S/C26H25ClN2/c1-18-7-10-22(11-8-18)26(27)25-15-28-17-29(25)16-21-9-12-24(20(3)14-21)23-6-4-5-19(2)13-23/h4-15,17,26H,16H2,1-3H3. The number of halogens is 1. The molecule has 0 fully saturated rings. The zero-order valence-corrected chi connectivity index (χ0v) is 17.8. The zero-order chi connectivity index (χ0) is 20.4. The van der Waals surface area contributed by atoms with Gasteiger partial charge in [-0.15, -0.1) is 11.6 Å². The van der Waals surface area contributed by atoms with E-state index in [-0.39, 0.29) is 5.38 Å². The van der Waals surface area contributed by atoms with Crippen molar-refractivity contribution in [2.45, 2.75) is 32.7 Å². The molecule has 3 heteroatoms. The first-order chi connectivity index (χ1) is 14.0. The monoisotopic (exact) mass is 400 g/mol. The summed E-state index contributed by atoms with van der Waals surface area (Å²) in [5.41, 5.74) is 9.66. The van der Waals surface area contributed by atoms with Crippen LogP contribution in [0.3, 0.4) is 0 Å². The average molecular weight is 401 g/mol. The van der Waals surface area contributed by atoms with Gasteiger partial charge in [0.15, 0.2) is 0 Å². The van der Waals surface area contributed by atoms with E-state index < -0.39 is 0 Å². The lowest BCUT2D eigenvalue weighted by Crippen LogP contribution is -2.06. The fourth-order valence-electron chi connectivity index (χ4n) is 3.74. The third-order valence-electron chi connectivity index (χ3n) is 5.35. The number of alkyl halides is 1. The van der Waals surface area contributed by atoms with Crippen molar-refractivity contribution in [3.63, 3.8) is 0 Å². The summed E-state index contributed by atoms with van der Waals surface area (Å²) < 4.78 is 2.14. The summed E-state index contributed by atoms with van der Waals surface area (Å²) in [6.07, 6.45) is 3.73. The summed E-state index contributed by atoms with van der Waals surface area (Å²) in [4.78, 5) is 4.36. The number of nitrogens with zero attached hydrogens (tertiary/aromatic N) is 2. The van der Waals surface area contributed by atoms with Gasteiger partial charge in [0.1, 0.15) is 5.38 Å². The second-order valence-electron chi connectivity index (χ2n) is 7.74. The molecular weight excluding hydrogens is 376 g/mol. The lowest BCUT2D eigenvalue weighted by Gasteiger charge is -2.15. The minimum atomic E-state index is -0.217. The summed E-state index contributed by atoms with van der Waals surface area (Å²) in [7, 11) is 0. The Bertz CT molecular complexity index is 1130. The van der Waals surface area contributed by atoms with E-state index in [0.717, 1.165) is 17.8 Å². The van der Waals surface area contributed by atoms with Crippen LogP contribution in [0.2, 0.25) is 0 Å². The summed E-state index contributed by atoms with van der Waals surface area (Å²) in [6.45, 7) is 7.14. The van der Waals surface area contributed by atoms with Gasteiger partial charge in [-0.25, -0.2) is 4.98 Å². The minimum absolute atomic E-state index is 0.217. The van der Waals surface area contributed by atoms with Crippen LogP contribution in [0.5, 0.6) is 0 Å². The highest BCUT2D eigenvalue weighted by atomic mass is 35.5. The summed E-state index contributed by atoms with van der Waals surface area (Å²) in [5, 5.41) is -0.217. The van der Waals surface area contributed by atoms with Gasteiger partial charge in [-0.2, -0.15) is 0 Å². The van der Waals surface area contributed by atoms with E-state index in [9.17, 15) is 0 Å². The number of aromatic nitrogens is 2. The molecule has 3 aromatic carbocycles. The van der Waals surface area contributed by atoms with E-state index in [1.165, 1.54) is 33.4 Å². The SMILES string of the molecule is Cc1ccc(C(Cl)c2cncn2Cc2ccc(-c3cccc(C)c3)c(C)c2)cc1. The quantitative estimate of drug-likeness (QED) is 0.335. The van der Waals surface area contributed by atoms with Crippen molar-refractivity contribution in [2.24, 2.45) is 0 Å². The maximum Gasteiger partial charge on any atom is 0.100 e. The van der Waals surface area contributed by atoms with Gasteiger partial charge in [0.25, 0.3) is 0 Å². The van der Waals surface area contributed by atoms with Crippen molar-refractivity contribution in [3.8, 4) is 11.1 Å². The number of hydrogen-bond acceptors (Lipinski definition) is 1. The van der Waals surface area contributed by atoms with Gasteiger partial charge >= 0.3 is 0 Å². The summed E-state index contributed by atoms with van der Waals surface area (Å²) in [6, 6.07) is 23.7. The second kappa shape index (κ2) is 8.26. The molecular formula is C26H25ClN2. The number of benzene rings is 3. The van der Waals surface area contributed by atoms with Crippen molar-refractivity contribution in [1.29, 1.82) is 0 Å². The third kappa shape index (κ3) is 4.28. The Morgan fingerprint density at radius 1 is 0.897 bits per heavy atom. The molecule has 1 heterocycles. The third-order valence-corrected chi connectivity index (χ3v) is 5.82. The van der Waals surface area contributed by atoms with E-state index in [1.54, 1.807) is 0 Å². The smallest absolute Gasteiger partial charge is 0.100 e. The van der Waals surface area contributed by atoms with E-state index in [1.807, 2.05) is 12.5 Å². The normalized spacial score (nSPS) is 12.1. The predicted molar refractivity (Wildman–Crippen MR) is 122 cm³/mol. The minimum Gasteiger partial charge on any atom is -0.328 e. The Kier molecular flexibility index (Phi) is 5.55. The first kappa shape index (κ1) is 19.5. The highest BCUT2D eigenvalue weighted by molar-refractivity contribution is 6.22. The van der Waals surface area contributed by atoms with Gasteiger partial charge < -0.3 is 4.57 Å². The molecule has 1 aromatic heterocycles. The van der Waals surface area contributed by atoms with Crippen molar-refractivity contribution in [2.75, 3.05) is 0 Å².